The summed E-state index contributed by atoms with van der Waals surface area (Å²) in [6, 6.07) is 3.00. The van der Waals surface area contributed by atoms with Crippen LogP contribution in [0.5, 0.6) is 0 Å². The zero-order valence-corrected chi connectivity index (χ0v) is 11.0. The molecule has 1 rings (SSSR count). The van der Waals surface area contributed by atoms with Crippen molar-refractivity contribution in [2.24, 2.45) is 11.8 Å². The Labute approximate surface area is 102 Å². The van der Waals surface area contributed by atoms with Gasteiger partial charge in [0.2, 0.25) is 10.0 Å². The largest absolute Gasteiger partial charge is 0.308 e. The van der Waals surface area contributed by atoms with Gasteiger partial charge >= 0.3 is 0 Å². The summed E-state index contributed by atoms with van der Waals surface area (Å²) in [5.41, 5.74) is 2.35. The minimum atomic E-state index is -3.46. The van der Waals surface area contributed by atoms with Gasteiger partial charge in [0.25, 0.3) is 0 Å². The van der Waals surface area contributed by atoms with Gasteiger partial charge in [0.15, 0.2) is 0 Å². The summed E-state index contributed by atoms with van der Waals surface area (Å²) >= 11 is 0. The van der Waals surface area contributed by atoms with Crippen LogP contribution < -0.4 is 11.3 Å². The summed E-state index contributed by atoms with van der Waals surface area (Å²) in [6.45, 7) is 4.40. The maximum Gasteiger partial charge on any atom is 0.244 e. The number of anilines is 1. The predicted molar refractivity (Wildman–Crippen MR) is 66.7 cm³/mol. The summed E-state index contributed by atoms with van der Waals surface area (Å²) in [6.07, 6.45) is 1.29. The number of nitrogens with zero attached hydrogens (tertiary/aromatic N) is 2. The zero-order chi connectivity index (χ0) is 13.1. The molecular formula is C10H18N4O2S. The third kappa shape index (κ3) is 3.39. The van der Waals surface area contributed by atoms with Crippen molar-refractivity contribution >= 4 is 15.8 Å². The molecule has 1 aromatic rings. The topological polar surface area (TPSA) is 88.3 Å². The molecule has 17 heavy (non-hydrogen) atoms. The summed E-state index contributed by atoms with van der Waals surface area (Å²) < 4.78 is 25.5. The van der Waals surface area contributed by atoms with Gasteiger partial charge in [-0.2, -0.15) is 0 Å². The van der Waals surface area contributed by atoms with E-state index < -0.39 is 10.0 Å². The first-order valence-electron chi connectivity index (χ1n) is 5.27. The van der Waals surface area contributed by atoms with Crippen molar-refractivity contribution in [1.82, 2.24) is 9.29 Å². The van der Waals surface area contributed by atoms with E-state index >= 15 is 0 Å². The smallest absolute Gasteiger partial charge is 0.244 e. The average molecular weight is 258 g/mol. The van der Waals surface area contributed by atoms with Gasteiger partial charge < -0.3 is 5.43 Å². The molecule has 0 unspecified atom stereocenters. The first-order chi connectivity index (χ1) is 7.87. The van der Waals surface area contributed by atoms with Crippen molar-refractivity contribution in [2.75, 3.05) is 19.0 Å². The molecule has 0 aliphatic heterocycles. The van der Waals surface area contributed by atoms with Crippen molar-refractivity contribution in [2.45, 2.75) is 18.7 Å². The highest BCUT2D eigenvalue weighted by molar-refractivity contribution is 7.89. The number of pyridine rings is 1. The Hall–Kier alpha value is -1.18. The van der Waals surface area contributed by atoms with Gasteiger partial charge in [-0.3, -0.25) is 0 Å². The molecule has 0 aliphatic carbocycles. The number of hydrogen-bond acceptors (Lipinski definition) is 5. The molecule has 0 fully saturated rings. The van der Waals surface area contributed by atoms with Gasteiger partial charge in [0, 0.05) is 19.8 Å². The molecule has 0 radical (unpaired) electrons. The van der Waals surface area contributed by atoms with E-state index in [1.807, 2.05) is 13.8 Å². The molecule has 3 N–H and O–H groups in total. The Bertz CT molecular complexity index is 456. The lowest BCUT2D eigenvalue weighted by molar-refractivity contribution is 0.417. The summed E-state index contributed by atoms with van der Waals surface area (Å²) in [5.74, 6) is 5.86. The molecule has 6 nitrogen and oxygen atoms in total. The Morgan fingerprint density at radius 1 is 1.47 bits per heavy atom. The van der Waals surface area contributed by atoms with E-state index in [1.54, 1.807) is 7.05 Å². The number of nitrogen functional groups attached to an aromatic ring is 1. The normalized spacial score (nSPS) is 12.1. The number of hydrazine groups is 1. The highest BCUT2D eigenvalue weighted by atomic mass is 32.2. The van der Waals surface area contributed by atoms with Crippen molar-refractivity contribution in [3.63, 3.8) is 0 Å². The minimum absolute atomic E-state index is 0.166. The van der Waals surface area contributed by atoms with Gasteiger partial charge in [-0.15, -0.1) is 0 Å². The number of rotatable bonds is 5. The standard InChI is InChI=1S/C10H18N4O2S/c1-8(2)7-14(3)17(15,16)9-4-5-10(13-11)12-6-9/h4-6,8H,7,11H2,1-3H3,(H,12,13). The van der Waals surface area contributed by atoms with Gasteiger partial charge in [-0.05, 0) is 18.1 Å². The molecule has 0 bridgehead atoms. The maximum atomic E-state index is 12.1. The summed E-state index contributed by atoms with van der Waals surface area (Å²) in [7, 11) is -1.90. The number of aromatic nitrogens is 1. The first-order valence-corrected chi connectivity index (χ1v) is 6.71. The fourth-order valence-corrected chi connectivity index (χ4v) is 2.69. The van der Waals surface area contributed by atoms with Crippen LogP contribution in [0.3, 0.4) is 0 Å². The highest BCUT2D eigenvalue weighted by Crippen LogP contribution is 2.15. The summed E-state index contributed by atoms with van der Waals surface area (Å²) in [5, 5.41) is 0. The third-order valence-corrected chi connectivity index (χ3v) is 4.02. The van der Waals surface area contributed by atoms with Crippen molar-refractivity contribution in [1.29, 1.82) is 0 Å². The molecular weight excluding hydrogens is 240 g/mol. The van der Waals surface area contributed by atoms with E-state index in [0.717, 1.165) is 0 Å². The van der Waals surface area contributed by atoms with E-state index in [1.165, 1.54) is 22.6 Å². The molecule has 0 spiro atoms. The van der Waals surface area contributed by atoms with Crippen LogP contribution in [0.4, 0.5) is 5.82 Å². The SMILES string of the molecule is CC(C)CN(C)S(=O)(=O)c1ccc(NN)nc1. The summed E-state index contributed by atoms with van der Waals surface area (Å²) in [4.78, 5) is 4.05. The van der Waals surface area contributed by atoms with Crippen LogP contribution in [0.15, 0.2) is 23.2 Å². The van der Waals surface area contributed by atoms with Crippen LogP contribution in [-0.4, -0.2) is 31.3 Å². The fraction of sp³-hybridized carbons (Fsp3) is 0.500. The number of sulfonamides is 1. The van der Waals surface area contributed by atoms with Crippen LogP contribution >= 0.6 is 0 Å². The van der Waals surface area contributed by atoms with Crippen LogP contribution in [0.2, 0.25) is 0 Å². The second kappa shape index (κ2) is 5.44. The second-order valence-electron chi connectivity index (χ2n) is 4.20. The van der Waals surface area contributed by atoms with Crippen molar-refractivity contribution < 1.29 is 8.42 Å². The van der Waals surface area contributed by atoms with Gasteiger partial charge in [0.05, 0.1) is 0 Å². The molecule has 0 aromatic carbocycles. The third-order valence-electron chi connectivity index (χ3n) is 2.21. The van der Waals surface area contributed by atoms with E-state index in [9.17, 15) is 8.42 Å². The van der Waals surface area contributed by atoms with Crippen LogP contribution in [0, 0.1) is 5.92 Å². The monoisotopic (exact) mass is 258 g/mol. The molecule has 7 heteroatoms. The molecule has 0 amide bonds. The van der Waals surface area contributed by atoms with Crippen molar-refractivity contribution in [3.8, 4) is 0 Å². The quantitative estimate of drug-likeness (QED) is 0.598. The first kappa shape index (κ1) is 13.9. The lowest BCUT2D eigenvalue weighted by Gasteiger charge is -2.18. The molecule has 96 valence electrons. The Balaban J connectivity index is 2.96. The Morgan fingerprint density at radius 3 is 2.53 bits per heavy atom. The number of nitrogens with one attached hydrogen (secondary N) is 1. The fourth-order valence-electron chi connectivity index (χ4n) is 1.41. The van der Waals surface area contributed by atoms with E-state index in [-0.39, 0.29) is 10.8 Å². The molecule has 0 atom stereocenters. The van der Waals surface area contributed by atoms with Gasteiger partial charge in [-0.1, -0.05) is 13.8 Å². The molecule has 0 aliphatic rings. The van der Waals surface area contributed by atoms with Gasteiger partial charge in [-0.25, -0.2) is 23.5 Å². The molecule has 1 aromatic heterocycles. The zero-order valence-electron chi connectivity index (χ0n) is 10.2. The molecule has 0 saturated heterocycles. The number of nitrogens with two attached hydrogens (primary N) is 1. The number of hydrogen-bond donors (Lipinski definition) is 2. The van der Waals surface area contributed by atoms with Crippen LogP contribution in [-0.2, 0) is 10.0 Å². The Kier molecular flexibility index (Phi) is 4.44. The van der Waals surface area contributed by atoms with E-state index in [4.69, 9.17) is 5.84 Å². The van der Waals surface area contributed by atoms with Crippen molar-refractivity contribution in [3.05, 3.63) is 18.3 Å². The maximum absolute atomic E-state index is 12.1. The second-order valence-corrected chi connectivity index (χ2v) is 6.25. The van der Waals surface area contributed by atoms with Gasteiger partial charge in [0.1, 0.15) is 10.7 Å². The predicted octanol–water partition coefficient (Wildman–Crippen LogP) is 0.644. The minimum Gasteiger partial charge on any atom is -0.308 e. The van der Waals surface area contributed by atoms with E-state index in [0.29, 0.717) is 12.4 Å². The molecule has 0 saturated carbocycles. The lowest BCUT2D eigenvalue weighted by Crippen LogP contribution is -2.30. The van der Waals surface area contributed by atoms with Crippen LogP contribution in [0.25, 0.3) is 0 Å². The van der Waals surface area contributed by atoms with Crippen LogP contribution in [0.1, 0.15) is 13.8 Å². The Morgan fingerprint density at radius 2 is 2.12 bits per heavy atom. The van der Waals surface area contributed by atoms with E-state index in [2.05, 4.69) is 10.4 Å². The highest BCUT2D eigenvalue weighted by Gasteiger charge is 2.21. The molecule has 1 heterocycles. The average Bonchev–Trinajstić information content (AvgIpc) is 2.28. The lowest BCUT2D eigenvalue weighted by atomic mass is 10.2.